The summed E-state index contributed by atoms with van der Waals surface area (Å²) in [5.41, 5.74) is 1.20. The number of H-pyrrole nitrogens is 1. The molecule has 0 unspecified atom stereocenters. The molecule has 0 aliphatic rings. The Morgan fingerprint density at radius 1 is 1.35 bits per heavy atom. The average molecular weight is 302 g/mol. The summed E-state index contributed by atoms with van der Waals surface area (Å²) in [4.78, 5) is 25.2. The number of carboxylic acids is 2. The third-order valence-corrected chi connectivity index (χ3v) is 2.47. The molecule has 1 aromatic heterocycles. The summed E-state index contributed by atoms with van der Waals surface area (Å²) in [5.74, 6) is -3.65. The van der Waals surface area contributed by atoms with Crippen molar-refractivity contribution in [1.82, 2.24) is 20.6 Å². The van der Waals surface area contributed by atoms with E-state index in [9.17, 15) is 0 Å². The van der Waals surface area contributed by atoms with Crippen molar-refractivity contribution in [2.24, 2.45) is 0 Å². The number of carboxylic acid groups (broad SMARTS) is 2. The van der Waals surface area contributed by atoms with Crippen LogP contribution in [0.4, 0.5) is 0 Å². The van der Waals surface area contributed by atoms with Crippen molar-refractivity contribution in [3.8, 4) is 0 Å². The first-order valence-corrected chi connectivity index (χ1v) is 6.27. The molecule has 0 spiro atoms. The van der Waals surface area contributed by atoms with Gasteiger partial charge in [0.25, 0.3) is 0 Å². The summed E-state index contributed by atoms with van der Waals surface area (Å²) >= 11 is 4.95. The van der Waals surface area contributed by atoms with Gasteiger partial charge >= 0.3 is 11.9 Å². The lowest BCUT2D eigenvalue weighted by atomic mass is 10.2. The van der Waals surface area contributed by atoms with E-state index in [-0.39, 0.29) is 0 Å². The van der Waals surface area contributed by atoms with E-state index in [1.807, 2.05) is 13.2 Å². The average Bonchev–Trinajstić information content (AvgIpc) is 2.91. The Morgan fingerprint density at radius 2 is 2.00 bits per heavy atom. The second kappa shape index (κ2) is 10.7. The van der Waals surface area contributed by atoms with Crippen LogP contribution in [-0.2, 0) is 16.0 Å². The maximum Gasteiger partial charge on any atom is 0.414 e. The molecule has 0 saturated carbocycles. The molecule has 1 heterocycles. The number of rotatable bonds is 5. The molecule has 0 aliphatic carbocycles. The Morgan fingerprint density at radius 3 is 2.45 bits per heavy atom. The van der Waals surface area contributed by atoms with Crippen molar-refractivity contribution in [3.05, 3.63) is 18.2 Å². The van der Waals surface area contributed by atoms with Gasteiger partial charge in [0, 0.05) is 25.5 Å². The van der Waals surface area contributed by atoms with Crippen LogP contribution in [0.25, 0.3) is 0 Å². The minimum absolute atomic E-state index is 0.714. The molecule has 0 radical (unpaired) electrons. The molecule has 9 heteroatoms. The minimum Gasteiger partial charge on any atom is -0.473 e. The van der Waals surface area contributed by atoms with E-state index in [1.165, 1.54) is 5.69 Å². The zero-order chi connectivity index (χ0) is 15.4. The lowest BCUT2D eigenvalue weighted by molar-refractivity contribution is -0.159. The number of hydrogen-bond donors (Lipinski definition) is 5. The summed E-state index contributed by atoms with van der Waals surface area (Å²) in [7, 11) is 1.82. The summed E-state index contributed by atoms with van der Waals surface area (Å²) in [6.45, 7) is 0.924. The molecule has 0 saturated heterocycles. The zero-order valence-electron chi connectivity index (χ0n) is 11.0. The van der Waals surface area contributed by atoms with Crippen LogP contribution < -0.4 is 10.6 Å². The summed E-state index contributed by atoms with van der Waals surface area (Å²) in [6, 6.07) is 0. The van der Waals surface area contributed by atoms with Crippen molar-refractivity contribution in [1.29, 1.82) is 0 Å². The molecule has 8 nitrogen and oxygen atoms in total. The highest BCUT2D eigenvalue weighted by Crippen LogP contribution is 1.98. The van der Waals surface area contributed by atoms with Gasteiger partial charge in [0.2, 0.25) is 0 Å². The van der Waals surface area contributed by atoms with Crippen LogP contribution in [0.5, 0.6) is 0 Å². The highest BCUT2D eigenvalue weighted by molar-refractivity contribution is 7.80. The lowest BCUT2D eigenvalue weighted by Crippen LogP contribution is -2.32. The number of aliphatic carboxylic acids is 2. The third kappa shape index (κ3) is 9.83. The molecular weight excluding hydrogens is 284 g/mol. The van der Waals surface area contributed by atoms with Crippen molar-refractivity contribution in [2.45, 2.75) is 19.3 Å². The quantitative estimate of drug-likeness (QED) is 0.292. The normalized spacial score (nSPS) is 9.05. The molecule has 0 aliphatic heterocycles. The second-order valence-corrected chi connectivity index (χ2v) is 4.06. The Hall–Kier alpha value is -2.16. The molecule has 0 amide bonds. The SMILES string of the molecule is CNC(=S)NCCCCc1cnc[nH]1.O=C(O)C(=O)O. The maximum atomic E-state index is 9.10. The third-order valence-electron chi connectivity index (χ3n) is 2.12. The second-order valence-electron chi connectivity index (χ2n) is 3.65. The fraction of sp³-hybridized carbons (Fsp3) is 0.455. The molecule has 0 bridgehead atoms. The number of aromatic nitrogens is 2. The topological polar surface area (TPSA) is 127 Å². The van der Waals surface area contributed by atoms with Crippen LogP contribution in [0.3, 0.4) is 0 Å². The van der Waals surface area contributed by atoms with Crippen molar-refractivity contribution < 1.29 is 19.8 Å². The number of aryl methyl sites for hydroxylation is 1. The molecule has 5 N–H and O–H groups in total. The van der Waals surface area contributed by atoms with Crippen molar-refractivity contribution in [2.75, 3.05) is 13.6 Å². The first-order valence-electron chi connectivity index (χ1n) is 5.86. The molecule has 112 valence electrons. The molecule has 0 fully saturated rings. The van der Waals surface area contributed by atoms with Crippen molar-refractivity contribution >= 4 is 29.3 Å². The summed E-state index contributed by atoms with van der Waals surface area (Å²) < 4.78 is 0. The Labute approximate surface area is 121 Å². The van der Waals surface area contributed by atoms with Gasteiger partial charge in [0.15, 0.2) is 5.11 Å². The Balaban J connectivity index is 0.000000511. The predicted molar refractivity (Wildman–Crippen MR) is 76.5 cm³/mol. The number of nitrogens with one attached hydrogen (secondary N) is 3. The summed E-state index contributed by atoms with van der Waals surface area (Å²) in [5, 5.41) is 21.5. The smallest absolute Gasteiger partial charge is 0.414 e. The van der Waals surface area contributed by atoms with E-state index in [0.717, 1.165) is 25.8 Å². The molecule has 20 heavy (non-hydrogen) atoms. The van der Waals surface area contributed by atoms with E-state index in [4.69, 9.17) is 32.0 Å². The fourth-order valence-electron chi connectivity index (χ4n) is 1.15. The van der Waals surface area contributed by atoms with Gasteiger partial charge in [0.05, 0.1) is 6.33 Å². The molecule has 1 aromatic rings. The van der Waals surface area contributed by atoms with E-state index in [2.05, 4.69) is 20.6 Å². The lowest BCUT2D eigenvalue weighted by Gasteiger charge is -2.05. The number of nitrogens with zero attached hydrogens (tertiary/aromatic N) is 1. The van der Waals surface area contributed by atoms with Crippen LogP contribution in [0.2, 0.25) is 0 Å². The largest absolute Gasteiger partial charge is 0.473 e. The first kappa shape index (κ1) is 17.8. The highest BCUT2D eigenvalue weighted by Gasteiger charge is 2.04. The van der Waals surface area contributed by atoms with E-state index in [1.54, 1.807) is 6.33 Å². The molecule has 1 rings (SSSR count). The van der Waals surface area contributed by atoms with Crippen LogP contribution in [0.1, 0.15) is 18.5 Å². The Kier molecular flexibility index (Phi) is 9.57. The number of thiocarbonyl (C=S) groups is 1. The molecule has 0 aromatic carbocycles. The van der Waals surface area contributed by atoms with Gasteiger partial charge in [-0.3, -0.25) is 0 Å². The van der Waals surface area contributed by atoms with Gasteiger partial charge in [-0.1, -0.05) is 0 Å². The van der Waals surface area contributed by atoms with Gasteiger partial charge in [-0.25, -0.2) is 14.6 Å². The van der Waals surface area contributed by atoms with Crippen LogP contribution in [0, 0.1) is 0 Å². The van der Waals surface area contributed by atoms with E-state index in [0.29, 0.717) is 5.11 Å². The monoisotopic (exact) mass is 302 g/mol. The fourth-order valence-corrected chi connectivity index (χ4v) is 1.25. The minimum atomic E-state index is -1.82. The molecule has 0 atom stereocenters. The van der Waals surface area contributed by atoms with Crippen LogP contribution in [-0.4, -0.2) is 50.8 Å². The van der Waals surface area contributed by atoms with E-state index >= 15 is 0 Å². The predicted octanol–water partition coefficient (Wildman–Crippen LogP) is -0.0181. The van der Waals surface area contributed by atoms with Gasteiger partial charge in [-0.05, 0) is 31.5 Å². The van der Waals surface area contributed by atoms with E-state index < -0.39 is 11.9 Å². The number of imidazole rings is 1. The standard InChI is InChI=1S/C9H16N4S.C2H2O4/c1-10-9(14)12-5-3-2-4-8-6-11-7-13-8;3-1(4)2(5)6/h6-7H,2-5H2,1H3,(H,11,13)(H2,10,12,14);(H,3,4)(H,5,6). The van der Waals surface area contributed by atoms with Gasteiger partial charge in [0.1, 0.15) is 0 Å². The van der Waals surface area contributed by atoms with Gasteiger partial charge in [-0.15, -0.1) is 0 Å². The van der Waals surface area contributed by atoms with Gasteiger partial charge in [-0.2, -0.15) is 0 Å². The number of unbranched alkanes of at least 4 members (excludes halogenated alkanes) is 1. The van der Waals surface area contributed by atoms with Crippen molar-refractivity contribution in [3.63, 3.8) is 0 Å². The van der Waals surface area contributed by atoms with Crippen LogP contribution >= 0.6 is 12.2 Å². The number of aromatic amines is 1. The molecular formula is C11H18N4O4S. The van der Waals surface area contributed by atoms with Crippen LogP contribution in [0.15, 0.2) is 12.5 Å². The number of carbonyl (C=O) groups is 2. The first-order chi connectivity index (χ1) is 9.47. The maximum absolute atomic E-state index is 9.10. The summed E-state index contributed by atoms with van der Waals surface area (Å²) in [6.07, 6.45) is 6.88. The number of hydrogen-bond acceptors (Lipinski definition) is 4. The highest BCUT2D eigenvalue weighted by atomic mass is 32.1. The zero-order valence-corrected chi connectivity index (χ0v) is 11.9. The Bertz CT molecular complexity index is 410. The van der Waals surface area contributed by atoms with Gasteiger partial charge < -0.3 is 25.8 Å².